The Morgan fingerprint density at radius 2 is 2.44 bits per heavy atom. The van der Waals surface area contributed by atoms with Crippen LogP contribution in [0.25, 0.3) is 0 Å². The maximum absolute atomic E-state index is 10.00. The molecule has 0 fully saturated rings. The molecule has 0 atom stereocenters. The summed E-state index contributed by atoms with van der Waals surface area (Å²) < 4.78 is 0. The Kier molecular flexibility index (Phi) is 4.09. The smallest absolute Gasteiger partial charge is 0.250 e. The van der Waals surface area contributed by atoms with Crippen LogP contribution >= 0.6 is 11.6 Å². The summed E-state index contributed by atoms with van der Waals surface area (Å²) in [6.07, 6.45) is 0. The number of nitrogens with one attached hydrogen (secondary N) is 1. The minimum Gasteiger partial charge on any atom is -0.279 e. The summed E-state index contributed by atoms with van der Waals surface area (Å²) in [5.74, 6) is 0. The van der Waals surface area contributed by atoms with Gasteiger partial charge in [0.2, 0.25) is 5.24 Å². The maximum atomic E-state index is 10.00. The van der Waals surface area contributed by atoms with Gasteiger partial charge in [0, 0.05) is 5.70 Å². The number of hydrogen-bond acceptors (Lipinski definition) is 3. The van der Waals surface area contributed by atoms with Crippen LogP contribution in [-0.4, -0.2) is 11.8 Å². The van der Waals surface area contributed by atoms with Crippen molar-refractivity contribution in [2.75, 3.05) is 6.61 Å². The van der Waals surface area contributed by atoms with Crippen LogP contribution in [0.5, 0.6) is 0 Å². The van der Waals surface area contributed by atoms with E-state index < -0.39 is 5.24 Å². The van der Waals surface area contributed by atoms with Gasteiger partial charge >= 0.3 is 0 Å². The van der Waals surface area contributed by atoms with Crippen molar-refractivity contribution in [3.05, 3.63) is 12.3 Å². The zero-order chi connectivity index (χ0) is 7.28. The van der Waals surface area contributed by atoms with Crippen LogP contribution < -0.4 is 5.48 Å². The van der Waals surface area contributed by atoms with E-state index in [1.807, 2.05) is 0 Å². The third kappa shape index (κ3) is 7.46. The molecule has 0 bridgehead atoms. The second-order valence-electron chi connectivity index (χ2n) is 1.53. The van der Waals surface area contributed by atoms with Crippen molar-refractivity contribution in [3.63, 3.8) is 0 Å². The van der Waals surface area contributed by atoms with Gasteiger partial charge in [-0.15, -0.1) is 0 Å². The van der Waals surface area contributed by atoms with E-state index in [-0.39, 0.29) is 6.61 Å². The van der Waals surface area contributed by atoms with Crippen molar-refractivity contribution < 1.29 is 9.63 Å². The highest BCUT2D eigenvalue weighted by atomic mass is 35.5. The SMILES string of the molecule is C=C(C)NOCC(=O)Cl. The second-order valence-corrected chi connectivity index (χ2v) is 1.95. The molecule has 0 saturated carbocycles. The zero-order valence-corrected chi connectivity index (χ0v) is 5.86. The Morgan fingerprint density at radius 3 is 2.78 bits per heavy atom. The number of carbonyl (C=O) groups excluding carboxylic acids is 1. The van der Waals surface area contributed by atoms with Crippen molar-refractivity contribution >= 4 is 16.8 Å². The van der Waals surface area contributed by atoms with Gasteiger partial charge in [-0.2, -0.15) is 0 Å². The van der Waals surface area contributed by atoms with E-state index in [0.717, 1.165) is 0 Å². The molecule has 0 aliphatic rings. The molecule has 0 rings (SSSR count). The number of hydroxylamine groups is 1. The van der Waals surface area contributed by atoms with Gasteiger partial charge in [-0.3, -0.25) is 15.1 Å². The van der Waals surface area contributed by atoms with Gasteiger partial charge in [-0.25, -0.2) is 0 Å². The molecule has 0 unspecified atom stereocenters. The van der Waals surface area contributed by atoms with Crippen LogP contribution in [0, 0.1) is 0 Å². The van der Waals surface area contributed by atoms with Gasteiger partial charge in [0.25, 0.3) is 0 Å². The summed E-state index contributed by atoms with van der Waals surface area (Å²) in [5, 5.41) is -0.538. The lowest BCUT2D eigenvalue weighted by atomic mass is 10.6. The molecule has 52 valence electrons. The summed E-state index contributed by atoms with van der Waals surface area (Å²) in [6.45, 7) is 5.02. The molecule has 0 aromatic rings. The molecular formula is C5H8ClNO2. The molecule has 0 heterocycles. The highest BCUT2D eigenvalue weighted by molar-refractivity contribution is 6.63. The van der Waals surface area contributed by atoms with Crippen molar-refractivity contribution in [3.8, 4) is 0 Å². The van der Waals surface area contributed by atoms with Gasteiger partial charge in [-0.05, 0) is 18.5 Å². The van der Waals surface area contributed by atoms with Crippen LogP contribution in [0.3, 0.4) is 0 Å². The Bertz CT molecular complexity index is 110. The van der Waals surface area contributed by atoms with Crippen molar-refractivity contribution in [2.24, 2.45) is 0 Å². The first kappa shape index (κ1) is 8.46. The van der Waals surface area contributed by atoms with Gasteiger partial charge in [-0.1, -0.05) is 6.58 Å². The fourth-order valence-corrected chi connectivity index (χ4v) is 0.271. The number of hydrogen-bond donors (Lipinski definition) is 1. The third-order valence-corrected chi connectivity index (χ3v) is 0.541. The van der Waals surface area contributed by atoms with Crippen molar-refractivity contribution in [2.45, 2.75) is 6.92 Å². The highest BCUT2D eigenvalue weighted by Crippen LogP contribution is 1.82. The first-order valence-corrected chi connectivity index (χ1v) is 2.72. The first-order chi connectivity index (χ1) is 4.13. The molecule has 0 aliphatic carbocycles. The molecular weight excluding hydrogens is 142 g/mol. The summed E-state index contributed by atoms with van der Waals surface area (Å²) in [4.78, 5) is 14.5. The lowest BCUT2D eigenvalue weighted by Gasteiger charge is -2.00. The van der Waals surface area contributed by atoms with E-state index in [4.69, 9.17) is 11.6 Å². The molecule has 0 spiro atoms. The molecule has 3 nitrogen and oxygen atoms in total. The molecule has 0 amide bonds. The average molecular weight is 150 g/mol. The van der Waals surface area contributed by atoms with E-state index in [0.29, 0.717) is 5.70 Å². The van der Waals surface area contributed by atoms with Crippen LogP contribution in [0.2, 0.25) is 0 Å². The molecule has 0 aromatic carbocycles. The largest absolute Gasteiger partial charge is 0.279 e. The Balaban J connectivity index is 3.10. The second kappa shape index (κ2) is 4.35. The zero-order valence-electron chi connectivity index (χ0n) is 5.11. The highest BCUT2D eigenvalue weighted by Gasteiger charge is 1.93. The molecule has 4 heteroatoms. The number of carbonyl (C=O) groups is 1. The number of rotatable bonds is 4. The lowest BCUT2D eigenvalue weighted by Crippen LogP contribution is -2.14. The van der Waals surface area contributed by atoms with E-state index in [1.165, 1.54) is 0 Å². The van der Waals surface area contributed by atoms with E-state index in [9.17, 15) is 4.79 Å². The number of allylic oxidation sites excluding steroid dienone is 1. The molecule has 0 saturated heterocycles. The third-order valence-electron chi connectivity index (χ3n) is 0.432. The van der Waals surface area contributed by atoms with Gasteiger partial charge in [0.15, 0.2) is 0 Å². The first-order valence-electron chi connectivity index (χ1n) is 2.34. The minimum atomic E-state index is -0.538. The van der Waals surface area contributed by atoms with Crippen molar-refractivity contribution in [1.29, 1.82) is 0 Å². The fraction of sp³-hybridized carbons (Fsp3) is 0.400. The quantitative estimate of drug-likeness (QED) is 0.475. The van der Waals surface area contributed by atoms with Gasteiger partial charge < -0.3 is 0 Å². The number of halogens is 1. The Labute approximate surface area is 58.6 Å². The average Bonchev–Trinajstić information content (AvgIpc) is 1.63. The van der Waals surface area contributed by atoms with Crippen molar-refractivity contribution in [1.82, 2.24) is 5.48 Å². The molecule has 0 aliphatic heterocycles. The van der Waals surface area contributed by atoms with Crippen LogP contribution in [-0.2, 0) is 9.63 Å². The Morgan fingerprint density at radius 1 is 1.89 bits per heavy atom. The topological polar surface area (TPSA) is 38.3 Å². The molecule has 0 aromatic heterocycles. The van der Waals surface area contributed by atoms with Gasteiger partial charge in [0.1, 0.15) is 6.61 Å². The summed E-state index contributed by atoms with van der Waals surface area (Å²) in [6, 6.07) is 0. The minimum absolute atomic E-state index is 0.144. The standard InChI is InChI=1S/C5H8ClNO2/c1-4(2)7-9-3-5(6)8/h7H,1,3H2,2H3. The van der Waals surface area contributed by atoms with Crippen LogP contribution in [0.15, 0.2) is 12.3 Å². The molecule has 1 N–H and O–H groups in total. The predicted molar refractivity (Wildman–Crippen MR) is 34.8 cm³/mol. The lowest BCUT2D eigenvalue weighted by molar-refractivity contribution is -0.117. The molecule has 0 radical (unpaired) electrons. The summed E-state index contributed by atoms with van der Waals surface area (Å²) in [5.41, 5.74) is 3.01. The van der Waals surface area contributed by atoms with E-state index >= 15 is 0 Å². The normalized spacial score (nSPS) is 8.67. The Hall–Kier alpha value is -0.540. The predicted octanol–water partition coefficient (Wildman–Crippen LogP) is 0.807. The van der Waals surface area contributed by atoms with Crippen LogP contribution in [0.4, 0.5) is 0 Å². The van der Waals surface area contributed by atoms with E-state index in [2.05, 4.69) is 16.9 Å². The summed E-state index contributed by atoms with van der Waals surface area (Å²) >= 11 is 4.93. The van der Waals surface area contributed by atoms with Gasteiger partial charge in [0.05, 0.1) is 0 Å². The van der Waals surface area contributed by atoms with E-state index in [1.54, 1.807) is 6.92 Å². The van der Waals surface area contributed by atoms with Crippen LogP contribution in [0.1, 0.15) is 6.92 Å². The summed E-state index contributed by atoms with van der Waals surface area (Å²) in [7, 11) is 0. The monoisotopic (exact) mass is 149 g/mol. The molecule has 9 heavy (non-hydrogen) atoms. The maximum Gasteiger partial charge on any atom is 0.250 e. The fourth-order valence-electron chi connectivity index (χ4n) is 0.216.